The maximum atomic E-state index is 5.73. The van der Waals surface area contributed by atoms with Gasteiger partial charge in [0.1, 0.15) is 16.5 Å². The Morgan fingerprint density at radius 1 is 1.22 bits per heavy atom. The summed E-state index contributed by atoms with van der Waals surface area (Å²) in [6.45, 7) is 10.1. The molecule has 3 aromatic rings. The first-order valence-electron chi connectivity index (χ1n) is 8.36. The summed E-state index contributed by atoms with van der Waals surface area (Å²) in [6.07, 6.45) is 4.38. The lowest BCUT2D eigenvalue weighted by atomic mass is 10.2. The van der Waals surface area contributed by atoms with E-state index in [4.69, 9.17) is 15.7 Å². The molecule has 0 aliphatic carbocycles. The third-order valence-electron chi connectivity index (χ3n) is 4.15. The molecule has 0 unspecified atom stereocenters. The van der Waals surface area contributed by atoms with Crippen molar-refractivity contribution < 1.29 is 0 Å². The van der Waals surface area contributed by atoms with Crippen LogP contribution in [0, 0.1) is 13.8 Å². The average molecular weight is 426 g/mol. The van der Waals surface area contributed by atoms with E-state index in [1.54, 1.807) is 11.3 Å². The fraction of sp³-hybridized carbons (Fsp3) is 0.316. The van der Waals surface area contributed by atoms with Crippen molar-refractivity contribution in [3.05, 3.63) is 59.0 Å². The predicted octanol–water partition coefficient (Wildman–Crippen LogP) is 4.24. The highest BCUT2D eigenvalue weighted by molar-refractivity contribution is 7.18. The van der Waals surface area contributed by atoms with Crippen LogP contribution in [0.1, 0.15) is 22.0 Å². The van der Waals surface area contributed by atoms with E-state index in [0.29, 0.717) is 26.1 Å². The second kappa shape index (κ2) is 10.6. The number of halogens is 2. The van der Waals surface area contributed by atoms with Gasteiger partial charge in [0.05, 0.1) is 17.6 Å². The number of hydrogen-bond acceptors (Lipinski definition) is 6. The van der Waals surface area contributed by atoms with Crippen LogP contribution in [0.2, 0.25) is 0 Å². The Morgan fingerprint density at radius 3 is 2.63 bits per heavy atom. The van der Waals surface area contributed by atoms with Crippen molar-refractivity contribution in [2.75, 3.05) is 18.0 Å². The summed E-state index contributed by atoms with van der Waals surface area (Å²) in [7, 11) is 0. The van der Waals surface area contributed by atoms with Crippen molar-refractivity contribution in [1.29, 1.82) is 0 Å². The maximum Gasteiger partial charge on any atom is 0.142 e. The molecule has 0 aromatic carbocycles. The normalized spacial score (nSPS) is 10.2. The van der Waals surface area contributed by atoms with Crippen LogP contribution in [0.25, 0.3) is 10.2 Å². The molecule has 3 aromatic heterocycles. The molecule has 0 bridgehead atoms. The van der Waals surface area contributed by atoms with Crippen LogP contribution in [-0.4, -0.2) is 28.0 Å². The fourth-order valence-corrected chi connectivity index (χ4v) is 3.85. The maximum absolute atomic E-state index is 5.73. The van der Waals surface area contributed by atoms with E-state index in [2.05, 4.69) is 30.3 Å². The van der Waals surface area contributed by atoms with Gasteiger partial charge in [-0.2, -0.15) is 0 Å². The molecule has 0 aliphatic heterocycles. The Kier molecular flexibility index (Phi) is 9.12. The van der Waals surface area contributed by atoms with E-state index in [0.717, 1.165) is 27.6 Å². The number of thiophene rings is 1. The SMILES string of the molecule is C=CCN(Cc1ccccn1)c1nc(CCN)nc2sc(C)c(C)c12.Cl.Cl. The zero-order valence-electron chi connectivity index (χ0n) is 15.5. The Labute approximate surface area is 176 Å². The Bertz CT molecular complexity index is 883. The molecule has 27 heavy (non-hydrogen) atoms. The summed E-state index contributed by atoms with van der Waals surface area (Å²) in [6, 6.07) is 5.96. The first-order chi connectivity index (χ1) is 12.1. The van der Waals surface area contributed by atoms with Crippen LogP contribution in [0.4, 0.5) is 5.82 Å². The van der Waals surface area contributed by atoms with Gasteiger partial charge in [0.2, 0.25) is 0 Å². The molecule has 2 N–H and O–H groups in total. The lowest BCUT2D eigenvalue weighted by Gasteiger charge is -2.23. The molecule has 0 fully saturated rings. The number of fused-ring (bicyclic) bond motifs is 1. The number of aromatic nitrogens is 3. The Balaban J connectivity index is 0.00000182. The average Bonchev–Trinajstić information content (AvgIpc) is 2.89. The molecule has 0 radical (unpaired) electrons. The standard InChI is InChI=1S/C19H23N5S.2ClH/c1-4-11-24(12-15-7-5-6-10-21-15)18-17-13(2)14(3)25-19(17)23-16(22-18)8-9-20;;/h4-7,10H,1,8-9,11-12,20H2,2-3H3;2*1H. The molecule has 0 saturated carbocycles. The number of pyridine rings is 1. The van der Waals surface area contributed by atoms with Gasteiger partial charge in [-0.25, -0.2) is 9.97 Å². The number of anilines is 1. The number of nitrogens with zero attached hydrogens (tertiary/aromatic N) is 4. The van der Waals surface area contributed by atoms with E-state index in [9.17, 15) is 0 Å². The van der Waals surface area contributed by atoms with Gasteiger partial charge >= 0.3 is 0 Å². The largest absolute Gasteiger partial charge is 0.346 e. The van der Waals surface area contributed by atoms with Crippen molar-refractivity contribution >= 4 is 52.2 Å². The Hall–Kier alpha value is -1.73. The summed E-state index contributed by atoms with van der Waals surface area (Å²) < 4.78 is 0. The first kappa shape index (κ1) is 23.3. The Morgan fingerprint density at radius 2 is 2.00 bits per heavy atom. The second-order valence-electron chi connectivity index (χ2n) is 5.96. The molecule has 3 heterocycles. The zero-order valence-corrected chi connectivity index (χ0v) is 18.0. The van der Waals surface area contributed by atoms with Crippen LogP contribution < -0.4 is 10.6 Å². The number of rotatable bonds is 7. The monoisotopic (exact) mass is 425 g/mol. The van der Waals surface area contributed by atoms with Gasteiger partial charge in [-0.15, -0.1) is 42.7 Å². The van der Waals surface area contributed by atoms with Gasteiger partial charge in [0.25, 0.3) is 0 Å². The van der Waals surface area contributed by atoms with Crippen molar-refractivity contribution in [2.24, 2.45) is 5.73 Å². The minimum absolute atomic E-state index is 0. The summed E-state index contributed by atoms with van der Waals surface area (Å²) in [5, 5.41) is 1.13. The van der Waals surface area contributed by atoms with Gasteiger partial charge in [0.15, 0.2) is 0 Å². The van der Waals surface area contributed by atoms with Gasteiger partial charge < -0.3 is 10.6 Å². The molecule has 8 heteroatoms. The number of aryl methyl sites for hydroxylation is 2. The molecule has 0 saturated heterocycles. The van der Waals surface area contributed by atoms with Crippen LogP contribution in [0.5, 0.6) is 0 Å². The van der Waals surface area contributed by atoms with Crippen LogP contribution in [0.15, 0.2) is 37.1 Å². The molecule has 3 rings (SSSR count). The van der Waals surface area contributed by atoms with E-state index >= 15 is 0 Å². The summed E-state index contributed by atoms with van der Waals surface area (Å²) in [5.74, 6) is 1.74. The van der Waals surface area contributed by atoms with E-state index in [1.165, 1.54) is 10.4 Å². The van der Waals surface area contributed by atoms with Gasteiger partial charge in [0, 0.05) is 24.0 Å². The van der Waals surface area contributed by atoms with Crippen LogP contribution in [-0.2, 0) is 13.0 Å². The van der Waals surface area contributed by atoms with Gasteiger partial charge in [-0.1, -0.05) is 12.1 Å². The minimum atomic E-state index is 0. The van der Waals surface area contributed by atoms with E-state index in [-0.39, 0.29) is 24.8 Å². The third-order valence-corrected chi connectivity index (χ3v) is 5.25. The highest BCUT2D eigenvalue weighted by atomic mass is 35.5. The van der Waals surface area contributed by atoms with Crippen molar-refractivity contribution in [1.82, 2.24) is 15.0 Å². The van der Waals surface area contributed by atoms with Crippen molar-refractivity contribution in [3.8, 4) is 0 Å². The number of hydrogen-bond donors (Lipinski definition) is 1. The lowest BCUT2D eigenvalue weighted by molar-refractivity contribution is 0.805. The first-order valence-corrected chi connectivity index (χ1v) is 9.18. The lowest BCUT2D eigenvalue weighted by Crippen LogP contribution is -2.25. The quantitative estimate of drug-likeness (QED) is 0.573. The molecule has 146 valence electrons. The zero-order chi connectivity index (χ0) is 17.8. The summed E-state index contributed by atoms with van der Waals surface area (Å²) in [5.41, 5.74) is 7.97. The highest BCUT2D eigenvalue weighted by Gasteiger charge is 2.19. The van der Waals surface area contributed by atoms with Crippen LogP contribution >= 0.6 is 36.2 Å². The topological polar surface area (TPSA) is 67.9 Å². The molecular formula is C19H25Cl2N5S. The molecule has 0 atom stereocenters. The van der Waals surface area contributed by atoms with Crippen molar-refractivity contribution in [2.45, 2.75) is 26.8 Å². The van der Waals surface area contributed by atoms with Gasteiger partial charge in [-0.05, 0) is 38.1 Å². The minimum Gasteiger partial charge on any atom is -0.346 e. The third kappa shape index (κ3) is 5.17. The fourth-order valence-electron chi connectivity index (χ4n) is 2.81. The predicted molar refractivity (Wildman–Crippen MR) is 120 cm³/mol. The van der Waals surface area contributed by atoms with Crippen molar-refractivity contribution in [3.63, 3.8) is 0 Å². The van der Waals surface area contributed by atoms with E-state index < -0.39 is 0 Å². The second-order valence-corrected chi connectivity index (χ2v) is 7.16. The smallest absolute Gasteiger partial charge is 0.142 e. The highest BCUT2D eigenvalue weighted by Crippen LogP contribution is 2.35. The summed E-state index contributed by atoms with van der Waals surface area (Å²) >= 11 is 1.71. The van der Waals surface area contributed by atoms with E-state index in [1.807, 2.05) is 30.5 Å². The molecular weight excluding hydrogens is 401 g/mol. The van der Waals surface area contributed by atoms with Crippen LogP contribution in [0.3, 0.4) is 0 Å². The molecule has 0 amide bonds. The van der Waals surface area contributed by atoms with Gasteiger partial charge in [-0.3, -0.25) is 4.98 Å². The molecule has 5 nitrogen and oxygen atoms in total. The summed E-state index contributed by atoms with van der Waals surface area (Å²) in [4.78, 5) is 18.5. The molecule has 0 spiro atoms. The molecule has 0 aliphatic rings. The number of nitrogens with two attached hydrogens (primary N) is 1.